The normalized spacial score (nSPS) is 27.8. The lowest BCUT2D eigenvalue weighted by molar-refractivity contribution is 0.774. The lowest BCUT2D eigenvalue weighted by Crippen LogP contribution is -2.21. The summed E-state index contributed by atoms with van der Waals surface area (Å²) in [6.07, 6.45) is 7.22. The molecule has 0 fully saturated rings. The van der Waals surface area contributed by atoms with Crippen LogP contribution >= 0.6 is 0 Å². The predicted molar refractivity (Wildman–Crippen MR) is 35.5 cm³/mol. The van der Waals surface area contributed by atoms with Crippen LogP contribution in [-0.4, -0.2) is 6.04 Å². The van der Waals surface area contributed by atoms with E-state index in [1.54, 1.807) is 0 Å². The summed E-state index contributed by atoms with van der Waals surface area (Å²) in [5.74, 6) is 0. The molecule has 0 spiro atoms. The minimum absolute atomic E-state index is 0.278. The van der Waals surface area contributed by atoms with Crippen molar-refractivity contribution in [2.45, 2.75) is 19.4 Å². The van der Waals surface area contributed by atoms with E-state index in [0.29, 0.717) is 0 Å². The summed E-state index contributed by atoms with van der Waals surface area (Å²) < 4.78 is 0. The van der Waals surface area contributed by atoms with Crippen molar-refractivity contribution in [3.8, 4) is 0 Å². The number of allylic oxidation sites excluding steroid dienone is 2. The maximum absolute atomic E-state index is 5.66. The smallest absolute Gasteiger partial charge is 0.0289 e. The van der Waals surface area contributed by atoms with E-state index in [1.807, 2.05) is 0 Å². The molecule has 1 aliphatic rings. The van der Waals surface area contributed by atoms with Crippen LogP contribution in [0.3, 0.4) is 0 Å². The second-order valence-corrected chi connectivity index (χ2v) is 2.18. The fourth-order valence-electron chi connectivity index (χ4n) is 0.754. The molecule has 0 heterocycles. The molecule has 0 aromatic carbocycles. The Morgan fingerprint density at radius 2 is 2.50 bits per heavy atom. The maximum atomic E-state index is 5.66. The van der Waals surface area contributed by atoms with E-state index in [1.165, 1.54) is 5.57 Å². The van der Waals surface area contributed by atoms with Crippen LogP contribution in [0.4, 0.5) is 0 Å². The highest BCUT2D eigenvalue weighted by molar-refractivity contribution is 5.21. The van der Waals surface area contributed by atoms with Crippen LogP contribution in [0.15, 0.2) is 23.8 Å². The molecule has 0 radical (unpaired) electrons. The second kappa shape index (κ2) is 2.14. The zero-order valence-electron chi connectivity index (χ0n) is 5.09. The van der Waals surface area contributed by atoms with Gasteiger partial charge in [0.15, 0.2) is 0 Å². The van der Waals surface area contributed by atoms with Gasteiger partial charge in [0.25, 0.3) is 0 Å². The van der Waals surface area contributed by atoms with E-state index in [9.17, 15) is 0 Å². The Balaban J connectivity index is 2.66. The Morgan fingerprint density at radius 1 is 1.75 bits per heavy atom. The molecule has 1 atom stereocenters. The molecule has 0 bridgehead atoms. The summed E-state index contributed by atoms with van der Waals surface area (Å²) in [6, 6.07) is 0.278. The molecule has 2 N–H and O–H groups in total. The monoisotopic (exact) mass is 109 g/mol. The fraction of sp³-hybridized carbons (Fsp3) is 0.429. The van der Waals surface area contributed by atoms with Crippen LogP contribution < -0.4 is 5.73 Å². The molecule has 1 aliphatic carbocycles. The topological polar surface area (TPSA) is 26.0 Å². The van der Waals surface area contributed by atoms with Gasteiger partial charge < -0.3 is 5.73 Å². The van der Waals surface area contributed by atoms with E-state index in [0.717, 1.165) is 6.42 Å². The number of rotatable bonds is 0. The van der Waals surface area contributed by atoms with Crippen molar-refractivity contribution < 1.29 is 0 Å². The summed E-state index contributed by atoms with van der Waals surface area (Å²) in [5.41, 5.74) is 6.94. The third kappa shape index (κ3) is 0.984. The Kier molecular flexibility index (Phi) is 1.49. The molecule has 1 heteroatoms. The van der Waals surface area contributed by atoms with E-state index in [-0.39, 0.29) is 6.04 Å². The summed E-state index contributed by atoms with van der Waals surface area (Å²) in [5, 5.41) is 0. The minimum atomic E-state index is 0.278. The largest absolute Gasteiger partial charge is 0.324 e. The molecule has 1 rings (SSSR count). The van der Waals surface area contributed by atoms with Crippen molar-refractivity contribution in [2.24, 2.45) is 5.73 Å². The Hall–Kier alpha value is -0.560. The van der Waals surface area contributed by atoms with Gasteiger partial charge in [0.05, 0.1) is 0 Å². The first-order valence-corrected chi connectivity index (χ1v) is 2.89. The molecule has 0 aromatic heterocycles. The maximum Gasteiger partial charge on any atom is 0.0289 e. The highest BCUT2D eigenvalue weighted by atomic mass is 14.6. The van der Waals surface area contributed by atoms with Crippen molar-refractivity contribution in [3.63, 3.8) is 0 Å². The quantitative estimate of drug-likeness (QED) is 0.497. The van der Waals surface area contributed by atoms with Crippen LogP contribution in [0.25, 0.3) is 0 Å². The van der Waals surface area contributed by atoms with Gasteiger partial charge in [-0.1, -0.05) is 23.8 Å². The molecule has 44 valence electrons. The molecule has 0 saturated heterocycles. The fourth-order valence-corrected chi connectivity index (χ4v) is 0.754. The van der Waals surface area contributed by atoms with Crippen molar-refractivity contribution in [2.75, 3.05) is 0 Å². The van der Waals surface area contributed by atoms with Crippen molar-refractivity contribution >= 4 is 0 Å². The number of nitrogens with two attached hydrogens (primary N) is 1. The van der Waals surface area contributed by atoms with Gasteiger partial charge in [-0.25, -0.2) is 0 Å². The van der Waals surface area contributed by atoms with E-state index in [2.05, 4.69) is 25.2 Å². The van der Waals surface area contributed by atoms with Gasteiger partial charge in [0.1, 0.15) is 0 Å². The van der Waals surface area contributed by atoms with E-state index in [4.69, 9.17) is 5.73 Å². The SMILES string of the molecule is CC1=CC=CC[C@H]1N. The average Bonchev–Trinajstić information content (AvgIpc) is 1.77. The van der Waals surface area contributed by atoms with Crippen molar-refractivity contribution in [3.05, 3.63) is 23.8 Å². The molecule has 8 heavy (non-hydrogen) atoms. The summed E-state index contributed by atoms with van der Waals surface area (Å²) in [6.45, 7) is 2.06. The minimum Gasteiger partial charge on any atom is -0.324 e. The third-order valence-electron chi connectivity index (χ3n) is 1.47. The van der Waals surface area contributed by atoms with Gasteiger partial charge in [-0.3, -0.25) is 0 Å². The lowest BCUT2D eigenvalue weighted by atomic mass is 10.0. The highest BCUT2D eigenvalue weighted by Crippen LogP contribution is 2.08. The zero-order chi connectivity index (χ0) is 5.98. The first-order chi connectivity index (χ1) is 3.80. The third-order valence-corrected chi connectivity index (χ3v) is 1.47. The van der Waals surface area contributed by atoms with Crippen LogP contribution in [-0.2, 0) is 0 Å². The van der Waals surface area contributed by atoms with Gasteiger partial charge in [0.2, 0.25) is 0 Å². The average molecular weight is 109 g/mol. The second-order valence-electron chi connectivity index (χ2n) is 2.18. The molecule has 0 aliphatic heterocycles. The van der Waals surface area contributed by atoms with Crippen LogP contribution in [0.2, 0.25) is 0 Å². The highest BCUT2D eigenvalue weighted by Gasteiger charge is 2.02. The molecule has 0 aromatic rings. The number of hydrogen-bond acceptors (Lipinski definition) is 1. The molecular weight excluding hydrogens is 98.1 g/mol. The van der Waals surface area contributed by atoms with Crippen LogP contribution in [0, 0.1) is 0 Å². The standard InChI is InChI=1S/C7H11N/c1-6-4-2-3-5-7(6)8/h2-4,7H,5,8H2,1H3/t7-/m1/s1. The first-order valence-electron chi connectivity index (χ1n) is 2.89. The summed E-state index contributed by atoms with van der Waals surface area (Å²) in [7, 11) is 0. The van der Waals surface area contributed by atoms with Gasteiger partial charge in [-0.05, 0) is 13.3 Å². The Bertz CT molecular complexity index is 133. The van der Waals surface area contributed by atoms with Gasteiger partial charge in [0, 0.05) is 6.04 Å². The predicted octanol–water partition coefficient (Wildman–Crippen LogP) is 1.22. The van der Waals surface area contributed by atoms with E-state index < -0.39 is 0 Å². The molecule has 0 unspecified atom stereocenters. The van der Waals surface area contributed by atoms with Crippen molar-refractivity contribution in [1.29, 1.82) is 0 Å². The van der Waals surface area contributed by atoms with E-state index >= 15 is 0 Å². The molecular formula is C7H11N. The molecule has 1 nitrogen and oxygen atoms in total. The zero-order valence-corrected chi connectivity index (χ0v) is 5.09. The molecule has 0 amide bonds. The lowest BCUT2D eigenvalue weighted by Gasteiger charge is -2.11. The Labute approximate surface area is 49.9 Å². The van der Waals surface area contributed by atoms with Crippen molar-refractivity contribution in [1.82, 2.24) is 0 Å². The van der Waals surface area contributed by atoms with Gasteiger partial charge in [-0.2, -0.15) is 0 Å². The first kappa shape index (κ1) is 5.57. The van der Waals surface area contributed by atoms with Gasteiger partial charge >= 0.3 is 0 Å². The molecule has 0 saturated carbocycles. The summed E-state index contributed by atoms with van der Waals surface area (Å²) in [4.78, 5) is 0. The summed E-state index contributed by atoms with van der Waals surface area (Å²) >= 11 is 0. The van der Waals surface area contributed by atoms with Crippen LogP contribution in [0.5, 0.6) is 0 Å². The van der Waals surface area contributed by atoms with Gasteiger partial charge in [-0.15, -0.1) is 0 Å². The Morgan fingerprint density at radius 3 is 2.88 bits per heavy atom. The van der Waals surface area contributed by atoms with Crippen LogP contribution in [0.1, 0.15) is 13.3 Å². The number of hydrogen-bond donors (Lipinski definition) is 1.